The summed E-state index contributed by atoms with van der Waals surface area (Å²) in [6.07, 6.45) is 0. The lowest BCUT2D eigenvalue weighted by molar-refractivity contribution is 0.570. The molecule has 16 heavy (non-hydrogen) atoms. The molecule has 0 aliphatic rings. The zero-order chi connectivity index (χ0) is 12.2. The molecule has 0 spiro atoms. The maximum atomic E-state index is 11.3. The molecule has 1 rings (SSSR count). The summed E-state index contributed by atoms with van der Waals surface area (Å²) in [5, 5.41) is 8.84. The first-order valence-electron chi connectivity index (χ1n) is 4.57. The highest BCUT2D eigenvalue weighted by Crippen LogP contribution is 2.22. The van der Waals surface area contributed by atoms with Crippen molar-refractivity contribution >= 4 is 21.6 Å². The standard InChI is InChI=1S/C10H11ClN2O2S/c1-8(13-16(14,15)7-6-12)9-4-2-3-5-10(9)11/h2-5,8,13H,7H2,1H3. The molecule has 0 bridgehead atoms. The Labute approximate surface area is 99.9 Å². The van der Waals surface area contributed by atoms with E-state index in [1.165, 1.54) is 0 Å². The van der Waals surface area contributed by atoms with Crippen LogP contribution in [0.5, 0.6) is 0 Å². The van der Waals surface area contributed by atoms with Gasteiger partial charge in [0, 0.05) is 11.1 Å². The topological polar surface area (TPSA) is 70.0 Å². The van der Waals surface area contributed by atoms with Crippen molar-refractivity contribution in [3.05, 3.63) is 34.9 Å². The smallest absolute Gasteiger partial charge is 0.211 e. The summed E-state index contributed by atoms with van der Waals surface area (Å²) in [5.74, 6) is -0.554. The predicted molar refractivity (Wildman–Crippen MR) is 62.4 cm³/mol. The molecule has 0 fully saturated rings. The Morgan fingerprint density at radius 3 is 2.69 bits per heavy atom. The molecule has 1 unspecified atom stereocenters. The van der Waals surface area contributed by atoms with E-state index in [0.717, 1.165) is 0 Å². The van der Waals surface area contributed by atoms with Crippen LogP contribution < -0.4 is 4.72 Å². The van der Waals surface area contributed by atoms with Gasteiger partial charge in [-0.05, 0) is 18.6 Å². The van der Waals surface area contributed by atoms with Crippen LogP contribution in [0.3, 0.4) is 0 Å². The highest BCUT2D eigenvalue weighted by Gasteiger charge is 2.16. The third kappa shape index (κ3) is 3.49. The summed E-state index contributed by atoms with van der Waals surface area (Å²) >= 11 is 5.93. The molecular weight excluding hydrogens is 248 g/mol. The maximum Gasteiger partial charge on any atom is 0.225 e. The summed E-state index contributed by atoms with van der Waals surface area (Å²) in [7, 11) is -3.57. The summed E-state index contributed by atoms with van der Waals surface area (Å²) in [6, 6.07) is 8.11. The Hall–Kier alpha value is -1.09. The fourth-order valence-corrected chi connectivity index (χ4v) is 2.50. The Balaban J connectivity index is 2.86. The van der Waals surface area contributed by atoms with Crippen molar-refractivity contribution in [2.45, 2.75) is 13.0 Å². The van der Waals surface area contributed by atoms with Gasteiger partial charge in [0.15, 0.2) is 5.75 Å². The average Bonchev–Trinajstić information content (AvgIpc) is 2.17. The lowest BCUT2D eigenvalue weighted by Crippen LogP contribution is -2.28. The van der Waals surface area contributed by atoms with Crippen molar-refractivity contribution in [2.24, 2.45) is 0 Å². The molecule has 0 saturated carbocycles. The van der Waals surface area contributed by atoms with Crippen molar-refractivity contribution in [1.29, 1.82) is 5.26 Å². The van der Waals surface area contributed by atoms with E-state index in [2.05, 4.69) is 4.72 Å². The molecule has 1 N–H and O–H groups in total. The van der Waals surface area contributed by atoms with Crippen LogP contribution in [0.25, 0.3) is 0 Å². The molecule has 0 saturated heterocycles. The lowest BCUT2D eigenvalue weighted by atomic mass is 10.1. The van der Waals surface area contributed by atoms with Gasteiger partial charge in [0.25, 0.3) is 0 Å². The second kappa shape index (κ2) is 5.30. The molecule has 4 nitrogen and oxygen atoms in total. The summed E-state index contributed by atoms with van der Waals surface area (Å²) < 4.78 is 25.1. The predicted octanol–water partition coefficient (Wildman–Crippen LogP) is 1.84. The molecule has 1 aromatic rings. The number of nitrogens with zero attached hydrogens (tertiary/aromatic N) is 1. The first-order chi connectivity index (χ1) is 7.46. The molecule has 1 atom stereocenters. The number of nitrogens with one attached hydrogen (secondary N) is 1. The van der Waals surface area contributed by atoms with Gasteiger partial charge in [-0.2, -0.15) is 5.26 Å². The second-order valence-corrected chi connectivity index (χ2v) is 5.44. The molecule has 0 radical (unpaired) electrons. The Bertz CT molecular complexity index is 508. The molecule has 0 amide bonds. The summed E-state index contributed by atoms with van der Waals surface area (Å²) in [5.41, 5.74) is 0.686. The van der Waals surface area contributed by atoms with Crippen LogP contribution in [0.15, 0.2) is 24.3 Å². The highest BCUT2D eigenvalue weighted by atomic mass is 35.5. The van der Waals surface area contributed by atoms with E-state index in [1.807, 2.05) is 0 Å². The normalized spacial score (nSPS) is 13.1. The van der Waals surface area contributed by atoms with Gasteiger partial charge in [0.2, 0.25) is 10.0 Å². The van der Waals surface area contributed by atoms with Crippen LogP contribution in [0.2, 0.25) is 5.02 Å². The van der Waals surface area contributed by atoms with E-state index < -0.39 is 21.8 Å². The number of rotatable bonds is 4. The largest absolute Gasteiger partial charge is 0.225 e. The van der Waals surface area contributed by atoms with E-state index in [4.69, 9.17) is 16.9 Å². The monoisotopic (exact) mass is 258 g/mol. The zero-order valence-corrected chi connectivity index (χ0v) is 10.2. The van der Waals surface area contributed by atoms with Crippen molar-refractivity contribution in [3.63, 3.8) is 0 Å². The first kappa shape index (κ1) is 13.0. The average molecular weight is 259 g/mol. The number of halogens is 1. The minimum absolute atomic E-state index is 0.452. The van der Waals surface area contributed by atoms with E-state index in [-0.39, 0.29) is 0 Å². The van der Waals surface area contributed by atoms with Crippen LogP contribution in [0.4, 0.5) is 0 Å². The van der Waals surface area contributed by atoms with Crippen LogP contribution in [-0.2, 0) is 10.0 Å². The van der Waals surface area contributed by atoms with Crippen molar-refractivity contribution < 1.29 is 8.42 Å². The van der Waals surface area contributed by atoms with Gasteiger partial charge in [-0.3, -0.25) is 0 Å². The van der Waals surface area contributed by atoms with E-state index in [1.54, 1.807) is 37.3 Å². The van der Waals surface area contributed by atoms with Crippen LogP contribution in [0.1, 0.15) is 18.5 Å². The van der Waals surface area contributed by atoms with Gasteiger partial charge < -0.3 is 0 Å². The van der Waals surface area contributed by atoms with Gasteiger partial charge in [0.05, 0.1) is 6.07 Å². The minimum Gasteiger partial charge on any atom is -0.211 e. The Morgan fingerprint density at radius 1 is 1.50 bits per heavy atom. The first-order valence-corrected chi connectivity index (χ1v) is 6.60. The summed E-state index contributed by atoms with van der Waals surface area (Å²) in [6.45, 7) is 1.68. The molecule has 0 aliphatic heterocycles. The van der Waals surface area contributed by atoms with E-state index in [9.17, 15) is 8.42 Å². The zero-order valence-electron chi connectivity index (χ0n) is 8.64. The number of hydrogen-bond acceptors (Lipinski definition) is 3. The quantitative estimate of drug-likeness (QED) is 0.896. The number of sulfonamides is 1. The lowest BCUT2D eigenvalue weighted by Gasteiger charge is -2.14. The third-order valence-corrected chi connectivity index (χ3v) is 3.55. The molecule has 6 heteroatoms. The highest BCUT2D eigenvalue weighted by molar-refractivity contribution is 7.89. The second-order valence-electron chi connectivity index (χ2n) is 3.28. The van der Waals surface area contributed by atoms with Gasteiger partial charge in [-0.25, -0.2) is 13.1 Å². The van der Waals surface area contributed by atoms with Crippen LogP contribution in [0, 0.1) is 11.3 Å². The number of nitriles is 1. The number of benzene rings is 1. The summed E-state index contributed by atoms with van der Waals surface area (Å²) in [4.78, 5) is 0. The molecule has 0 heterocycles. The Kier molecular flexibility index (Phi) is 4.30. The van der Waals surface area contributed by atoms with Gasteiger partial charge in [0.1, 0.15) is 0 Å². The van der Waals surface area contributed by atoms with Gasteiger partial charge >= 0.3 is 0 Å². The van der Waals surface area contributed by atoms with Crippen molar-refractivity contribution in [2.75, 3.05) is 5.75 Å². The van der Waals surface area contributed by atoms with E-state index in [0.29, 0.717) is 10.6 Å². The van der Waals surface area contributed by atoms with Gasteiger partial charge in [-0.1, -0.05) is 29.8 Å². The van der Waals surface area contributed by atoms with Gasteiger partial charge in [-0.15, -0.1) is 0 Å². The van der Waals surface area contributed by atoms with E-state index >= 15 is 0 Å². The molecule has 0 aromatic heterocycles. The van der Waals surface area contributed by atoms with Crippen LogP contribution in [-0.4, -0.2) is 14.2 Å². The number of hydrogen-bond donors (Lipinski definition) is 1. The van der Waals surface area contributed by atoms with Crippen molar-refractivity contribution in [3.8, 4) is 6.07 Å². The maximum absolute atomic E-state index is 11.3. The molecular formula is C10H11ClN2O2S. The Morgan fingerprint density at radius 2 is 2.12 bits per heavy atom. The SMILES string of the molecule is CC(NS(=O)(=O)CC#N)c1ccccc1Cl. The minimum atomic E-state index is -3.57. The van der Waals surface area contributed by atoms with Crippen LogP contribution >= 0.6 is 11.6 Å². The molecule has 0 aliphatic carbocycles. The fourth-order valence-electron chi connectivity index (χ4n) is 1.29. The fraction of sp³-hybridized carbons (Fsp3) is 0.300. The molecule has 1 aromatic carbocycles. The van der Waals surface area contributed by atoms with Crippen molar-refractivity contribution in [1.82, 2.24) is 4.72 Å². The molecule has 86 valence electrons. The third-order valence-electron chi connectivity index (χ3n) is 1.98.